The molecular formula is C10H18N2O5. The number of nitrogens with zero attached hydrogens (tertiary/aromatic N) is 1. The number of rotatable bonds is 4. The first-order valence-electron chi connectivity index (χ1n) is 5.51. The fraction of sp³-hybridized carbons (Fsp3) is 0.800. The normalized spacial score (nSPS) is 22.0. The van der Waals surface area contributed by atoms with Crippen molar-refractivity contribution in [2.45, 2.75) is 25.0 Å². The molecule has 2 unspecified atom stereocenters. The molecule has 1 fully saturated rings. The van der Waals surface area contributed by atoms with Crippen LogP contribution < -0.4 is 5.32 Å². The SMILES string of the molecule is COC(CNC(=O)N1CCCC(O)C1)C(=O)O. The van der Waals surface area contributed by atoms with Gasteiger partial charge in [-0.15, -0.1) is 0 Å². The number of hydrogen-bond donors (Lipinski definition) is 3. The third-order valence-electron chi connectivity index (χ3n) is 2.68. The standard InChI is InChI=1S/C10H18N2O5/c1-17-8(9(14)15)5-11-10(16)12-4-2-3-7(13)6-12/h7-8,13H,2-6H2,1H3,(H,11,16)(H,14,15). The topological polar surface area (TPSA) is 99.1 Å². The highest BCUT2D eigenvalue weighted by Gasteiger charge is 2.23. The van der Waals surface area contributed by atoms with Crippen molar-refractivity contribution in [3.8, 4) is 0 Å². The molecule has 2 amide bonds. The molecule has 3 N–H and O–H groups in total. The van der Waals surface area contributed by atoms with Gasteiger partial charge in [-0.1, -0.05) is 0 Å². The minimum Gasteiger partial charge on any atom is -0.479 e. The van der Waals surface area contributed by atoms with Crippen molar-refractivity contribution in [3.63, 3.8) is 0 Å². The molecule has 2 atom stereocenters. The first kappa shape index (κ1) is 13.7. The van der Waals surface area contributed by atoms with Crippen LogP contribution in [0.2, 0.25) is 0 Å². The first-order valence-corrected chi connectivity index (χ1v) is 5.51. The second kappa shape index (κ2) is 6.41. The summed E-state index contributed by atoms with van der Waals surface area (Å²) in [6.07, 6.45) is -0.0956. The van der Waals surface area contributed by atoms with Crippen molar-refractivity contribution in [3.05, 3.63) is 0 Å². The Bertz CT molecular complexity index is 284. The number of hydrogen-bond acceptors (Lipinski definition) is 4. The number of urea groups is 1. The van der Waals surface area contributed by atoms with Gasteiger partial charge in [0.05, 0.1) is 12.6 Å². The molecule has 0 saturated carbocycles. The highest BCUT2D eigenvalue weighted by molar-refractivity contribution is 5.77. The number of carboxylic acid groups (broad SMARTS) is 1. The molecule has 7 nitrogen and oxygen atoms in total. The quantitative estimate of drug-likeness (QED) is 0.606. The van der Waals surface area contributed by atoms with Gasteiger partial charge in [0.15, 0.2) is 6.10 Å². The lowest BCUT2D eigenvalue weighted by molar-refractivity contribution is -0.148. The molecule has 0 aromatic rings. The van der Waals surface area contributed by atoms with E-state index in [1.54, 1.807) is 0 Å². The molecular weight excluding hydrogens is 228 g/mol. The summed E-state index contributed by atoms with van der Waals surface area (Å²) in [5.74, 6) is -1.12. The van der Waals surface area contributed by atoms with Gasteiger partial charge in [0.1, 0.15) is 0 Å². The highest BCUT2D eigenvalue weighted by Crippen LogP contribution is 2.09. The lowest BCUT2D eigenvalue weighted by Crippen LogP contribution is -2.49. The number of nitrogens with one attached hydrogen (secondary N) is 1. The number of methoxy groups -OCH3 is 1. The minimum atomic E-state index is -1.12. The van der Waals surface area contributed by atoms with E-state index in [1.165, 1.54) is 12.0 Å². The van der Waals surface area contributed by atoms with Crippen molar-refractivity contribution in [2.24, 2.45) is 0 Å². The Hall–Kier alpha value is -1.34. The second-order valence-corrected chi connectivity index (χ2v) is 3.99. The maximum Gasteiger partial charge on any atom is 0.334 e. The summed E-state index contributed by atoms with van der Waals surface area (Å²) < 4.78 is 4.69. The summed E-state index contributed by atoms with van der Waals surface area (Å²) in [6, 6.07) is -0.368. The Morgan fingerprint density at radius 3 is 2.82 bits per heavy atom. The molecule has 7 heteroatoms. The molecule has 1 aliphatic rings. The Balaban J connectivity index is 2.35. The zero-order valence-corrected chi connectivity index (χ0v) is 9.76. The van der Waals surface area contributed by atoms with Crippen LogP contribution in [-0.2, 0) is 9.53 Å². The van der Waals surface area contributed by atoms with Gasteiger partial charge in [-0.25, -0.2) is 9.59 Å². The smallest absolute Gasteiger partial charge is 0.334 e. The number of likely N-dealkylation sites (tertiary alicyclic amines) is 1. The fourth-order valence-electron chi connectivity index (χ4n) is 1.70. The molecule has 1 saturated heterocycles. The van der Waals surface area contributed by atoms with Crippen LogP contribution in [0, 0.1) is 0 Å². The molecule has 98 valence electrons. The van der Waals surface area contributed by atoms with Crippen LogP contribution in [0.4, 0.5) is 4.79 Å². The van der Waals surface area contributed by atoms with Crippen LogP contribution in [0.3, 0.4) is 0 Å². The van der Waals surface area contributed by atoms with E-state index in [0.717, 1.165) is 6.42 Å². The van der Waals surface area contributed by atoms with Gasteiger partial charge in [-0.3, -0.25) is 0 Å². The lowest BCUT2D eigenvalue weighted by Gasteiger charge is -2.30. The number of aliphatic hydroxyl groups excluding tert-OH is 1. The summed E-state index contributed by atoms with van der Waals surface area (Å²) in [6.45, 7) is 0.779. The van der Waals surface area contributed by atoms with Gasteiger partial charge >= 0.3 is 12.0 Å². The molecule has 0 radical (unpaired) electrons. The van der Waals surface area contributed by atoms with E-state index in [-0.39, 0.29) is 19.1 Å². The van der Waals surface area contributed by atoms with Crippen molar-refractivity contribution >= 4 is 12.0 Å². The van der Waals surface area contributed by atoms with Crippen molar-refractivity contribution in [2.75, 3.05) is 26.7 Å². The van der Waals surface area contributed by atoms with E-state index in [2.05, 4.69) is 10.1 Å². The van der Waals surface area contributed by atoms with Crippen LogP contribution in [0.15, 0.2) is 0 Å². The first-order chi connectivity index (χ1) is 8.04. The maximum absolute atomic E-state index is 11.6. The van der Waals surface area contributed by atoms with E-state index < -0.39 is 18.2 Å². The minimum absolute atomic E-state index is 0.0860. The van der Waals surface area contributed by atoms with E-state index >= 15 is 0 Å². The average Bonchev–Trinajstić information content (AvgIpc) is 2.29. The molecule has 1 aliphatic heterocycles. The zero-order chi connectivity index (χ0) is 12.8. The van der Waals surface area contributed by atoms with Gasteiger partial charge in [0.25, 0.3) is 0 Å². The van der Waals surface area contributed by atoms with Crippen molar-refractivity contribution in [1.82, 2.24) is 10.2 Å². The number of aliphatic carboxylic acids is 1. The molecule has 1 rings (SSSR count). The Morgan fingerprint density at radius 2 is 2.29 bits per heavy atom. The third kappa shape index (κ3) is 4.20. The summed E-state index contributed by atoms with van der Waals surface area (Å²) >= 11 is 0. The molecule has 0 spiro atoms. The molecule has 17 heavy (non-hydrogen) atoms. The van der Waals surface area contributed by atoms with Crippen LogP contribution in [0.5, 0.6) is 0 Å². The average molecular weight is 246 g/mol. The predicted octanol–water partition coefficient (Wildman–Crippen LogP) is -0.748. The lowest BCUT2D eigenvalue weighted by atomic mass is 10.1. The summed E-state index contributed by atoms with van der Waals surface area (Å²) in [7, 11) is 1.27. The molecule has 0 bridgehead atoms. The van der Waals surface area contributed by atoms with E-state index in [0.29, 0.717) is 13.0 Å². The largest absolute Gasteiger partial charge is 0.479 e. The summed E-state index contributed by atoms with van der Waals surface area (Å²) in [5.41, 5.74) is 0. The van der Waals surface area contributed by atoms with Gasteiger partial charge in [0, 0.05) is 20.2 Å². The summed E-state index contributed by atoms with van der Waals surface area (Å²) in [4.78, 5) is 23.8. The number of ether oxygens (including phenoxy) is 1. The Labute approximate surface area is 99.4 Å². The van der Waals surface area contributed by atoms with Crippen LogP contribution in [-0.4, -0.2) is 66.1 Å². The van der Waals surface area contributed by atoms with Gasteiger partial charge in [0.2, 0.25) is 0 Å². The van der Waals surface area contributed by atoms with Gasteiger partial charge < -0.3 is 25.2 Å². The fourth-order valence-corrected chi connectivity index (χ4v) is 1.70. The van der Waals surface area contributed by atoms with E-state index in [9.17, 15) is 14.7 Å². The van der Waals surface area contributed by atoms with E-state index in [1.807, 2.05) is 0 Å². The number of aliphatic hydroxyl groups is 1. The molecule has 1 heterocycles. The summed E-state index contributed by atoms with van der Waals surface area (Å²) in [5, 5.41) is 20.6. The monoisotopic (exact) mass is 246 g/mol. The number of carboxylic acids is 1. The predicted molar refractivity (Wildman–Crippen MR) is 58.6 cm³/mol. The molecule has 0 aromatic heterocycles. The van der Waals surface area contributed by atoms with Gasteiger partial charge in [-0.2, -0.15) is 0 Å². The third-order valence-corrected chi connectivity index (χ3v) is 2.68. The van der Waals surface area contributed by atoms with Crippen molar-refractivity contribution < 1.29 is 24.5 Å². The van der Waals surface area contributed by atoms with Gasteiger partial charge in [-0.05, 0) is 12.8 Å². The second-order valence-electron chi connectivity index (χ2n) is 3.99. The van der Waals surface area contributed by atoms with E-state index in [4.69, 9.17) is 5.11 Å². The number of piperidine rings is 1. The van der Waals surface area contributed by atoms with Crippen LogP contribution in [0.1, 0.15) is 12.8 Å². The maximum atomic E-state index is 11.6. The Kier molecular flexibility index (Phi) is 5.17. The van der Waals surface area contributed by atoms with Crippen LogP contribution >= 0.6 is 0 Å². The number of carbonyl (C=O) groups excluding carboxylic acids is 1. The zero-order valence-electron chi connectivity index (χ0n) is 9.76. The highest BCUT2D eigenvalue weighted by atomic mass is 16.5. The molecule has 0 aliphatic carbocycles. The number of carbonyl (C=O) groups is 2. The molecule has 0 aromatic carbocycles. The number of amides is 2. The van der Waals surface area contributed by atoms with Crippen LogP contribution in [0.25, 0.3) is 0 Å². The Morgan fingerprint density at radius 1 is 1.59 bits per heavy atom. The number of β-amino-alcohol motifs (C(OH)–C–C–N with tert-alkyl or cyclic N) is 1. The van der Waals surface area contributed by atoms with Crippen molar-refractivity contribution in [1.29, 1.82) is 0 Å².